The summed E-state index contributed by atoms with van der Waals surface area (Å²) in [5.41, 5.74) is 11.1. The Bertz CT molecular complexity index is 623. The molecule has 1 amide bonds. The van der Waals surface area contributed by atoms with E-state index in [0.29, 0.717) is 12.4 Å². The van der Waals surface area contributed by atoms with Gasteiger partial charge in [0.15, 0.2) is 0 Å². The van der Waals surface area contributed by atoms with Gasteiger partial charge >= 0.3 is 0 Å². The highest BCUT2D eigenvalue weighted by molar-refractivity contribution is 5.90. The van der Waals surface area contributed by atoms with E-state index >= 15 is 0 Å². The molecule has 19 heavy (non-hydrogen) atoms. The number of rotatable bonds is 4. The second-order valence-corrected chi connectivity index (χ2v) is 5.05. The first-order chi connectivity index (χ1) is 8.90. The van der Waals surface area contributed by atoms with Crippen LogP contribution in [0.15, 0.2) is 24.3 Å². The quantitative estimate of drug-likeness (QED) is 0.763. The lowest BCUT2D eigenvalue weighted by molar-refractivity contribution is -0.125. The smallest absolute Gasteiger partial charge is 0.224 e. The third-order valence-corrected chi connectivity index (χ3v) is 2.99. The van der Waals surface area contributed by atoms with Gasteiger partial charge in [0.25, 0.3) is 0 Å². The number of benzene rings is 1. The Morgan fingerprint density at radius 1 is 1.32 bits per heavy atom. The van der Waals surface area contributed by atoms with Gasteiger partial charge in [-0.1, -0.05) is 12.1 Å². The fourth-order valence-corrected chi connectivity index (χ4v) is 1.62. The summed E-state index contributed by atoms with van der Waals surface area (Å²) in [6.07, 6.45) is 0. The first-order valence-electron chi connectivity index (χ1n) is 5.96. The fraction of sp³-hybridized carbons (Fsp3) is 0.308. The molecule has 0 unspecified atom stereocenters. The average molecular weight is 259 g/mol. The van der Waals surface area contributed by atoms with E-state index in [1.165, 1.54) is 0 Å². The van der Waals surface area contributed by atoms with E-state index in [0.717, 1.165) is 10.9 Å². The second kappa shape index (κ2) is 4.72. The summed E-state index contributed by atoms with van der Waals surface area (Å²) < 4.78 is 0. The van der Waals surface area contributed by atoms with Gasteiger partial charge in [-0.2, -0.15) is 4.98 Å². The van der Waals surface area contributed by atoms with E-state index in [1.807, 2.05) is 24.3 Å². The predicted molar refractivity (Wildman–Crippen MR) is 75.4 cm³/mol. The molecule has 0 aliphatic rings. The number of hydrogen-bond donors (Lipinski definition) is 3. The standard InChI is InChI=1S/C13H17N5O/c1-13(2,11(14)19)7-16-10-8-5-3-4-6-9(8)17-12(15)18-10/h3-6H,7H2,1-2H3,(H2,14,19)(H3,15,16,17,18). The number of hydrogen-bond acceptors (Lipinski definition) is 5. The van der Waals surface area contributed by atoms with Crippen molar-refractivity contribution in [2.24, 2.45) is 11.1 Å². The van der Waals surface area contributed by atoms with E-state index in [4.69, 9.17) is 11.5 Å². The molecule has 0 bridgehead atoms. The molecule has 0 saturated carbocycles. The zero-order valence-electron chi connectivity index (χ0n) is 11.0. The highest BCUT2D eigenvalue weighted by atomic mass is 16.1. The number of nitrogens with one attached hydrogen (secondary N) is 1. The number of carbonyl (C=O) groups is 1. The van der Waals surface area contributed by atoms with Gasteiger partial charge in [-0.25, -0.2) is 4.98 Å². The van der Waals surface area contributed by atoms with E-state index in [2.05, 4.69) is 15.3 Å². The molecule has 2 aromatic rings. The molecule has 1 heterocycles. The number of nitrogen functional groups attached to an aromatic ring is 1. The Labute approximate surface area is 111 Å². The Hall–Kier alpha value is -2.37. The molecule has 1 aromatic carbocycles. The molecule has 0 radical (unpaired) electrons. The lowest BCUT2D eigenvalue weighted by atomic mass is 9.93. The predicted octanol–water partition coefficient (Wildman–Crippen LogP) is 1.14. The van der Waals surface area contributed by atoms with Crippen molar-refractivity contribution in [1.29, 1.82) is 0 Å². The Kier molecular flexibility index (Phi) is 3.25. The summed E-state index contributed by atoms with van der Waals surface area (Å²) in [6, 6.07) is 7.53. The van der Waals surface area contributed by atoms with Gasteiger partial charge in [0.1, 0.15) is 5.82 Å². The molecule has 100 valence electrons. The molecule has 0 spiro atoms. The zero-order chi connectivity index (χ0) is 14.0. The van der Waals surface area contributed by atoms with Crippen LogP contribution in [0.5, 0.6) is 0 Å². The molecule has 0 aliphatic heterocycles. The van der Waals surface area contributed by atoms with Crippen LogP contribution in [0.4, 0.5) is 11.8 Å². The summed E-state index contributed by atoms with van der Waals surface area (Å²) >= 11 is 0. The van der Waals surface area contributed by atoms with Gasteiger partial charge in [-0.05, 0) is 26.0 Å². The second-order valence-electron chi connectivity index (χ2n) is 5.05. The van der Waals surface area contributed by atoms with Crippen molar-refractivity contribution in [3.8, 4) is 0 Å². The van der Waals surface area contributed by atoms with Gasteiger partial charge in [-0.15, -0.1) is 0 Å². The summed E-state index contributed by atoms with van der Waals surface area (Å²) in [5.74, 6) is 0.432. The van der Waals surface area contributed by atoms with E-state index in [-0.39, 0.29) is 11.9 Å². The minimum atomic E-state index is -0.666. The number of amides is 1. The molecule has 0 aliphatic carbocycles. The van der Waals surface area contributed by atoms with Crippen LogP contribution < -0.4 is 16.8 Å². The number of nitrogens with two attached hydrogens (primary N) is 2. The lowest BCUT2D eigenvalue weighted by Crippen LogP contribution is -2.37. The monoisotopic (exact) mass is 259 g/mol. The Morgan fingerprint density at radius 3 is 2.68 bits per heavy atom. The zero-order valence-corrected chi connectivity index (χ0v) is 11.0. The van der Waals surface area contributed by atoms with Gasteiger partial charge in [0.05, 0.1) is 10.9 Å². The topological polar surface area (TPSA) is 107 Å². The molecular weight excluding hydrogens is 242 g/mol. The maximum atomic E-state index is 11.3. The SMILES string of the molecule is CC(C)(CNc1nc(N)nc2ccccc12)C(N)=O. The van der Waals surface area contributed by atoms with Crippen LogP contribution in [0.2, 0.25) is 0 Å². The summed E-state index contributed by atoms with van der Waals surface area (Å²) in [5, 5.41) is 3.98. The number of aromatic nitrogens is 2. The van der Waals surface area contributed by atoms with E-state index < -0.39 is 5.41 Å². The van der Waals surface area contributed by atoms with Crippen LogP contribution in [0.1, 0.15) is 13.8 Å². The first-order valence-corrected chi connectivity index (χ1v) is 5.96. The van der Waals surface area contributed by atoms with Crippen molar-refractivity contribution < 1.29 is 4.79 Å². The summed E-state index contributed by atoms with van der Waals surface area (Å²) in [7, 11) is 0. The van der Waals surface area contributed by atoms with Gasteiger partial charge in [0, 0.05) is 11.9 Å². The number of primary amides is 1. The van der Waals surface area contributed by atoms with Crippen molar-refractivity contribution >= 4 is 28.6 Å². The van der Waals surface area contributed by atoms with Crippen molar-refractivity contribution in [3.05, 3.63) is 24.3 Å². The molecule has 0 atom stereocenters. The minimum Gasteiger partial charge on any atom is -0.369 e. The van der Waals surface area contributed by atoms with Crippen molar-refractivity contribution in [2.75, 3.05) is 17.6 Å². The Balaban J connectivity index is 2.33. The summed E-state index contributed by atoms with van der Waals surface area (Å²) in [4.78, 5) is 19.6. The van der Waals surface area contributed by atoms with Crippen LogP contribution in [0, 0.1) is 5.41 Å². The molecule has 6 nitrogen and oxygen atoms in total. The van der Waals surface area contributed by atoms with Crippen LogP contribution in [0.3, 0.4) is 0 Å². The van der Waals surface area contributed by atoms with Crippen LogP contribution in [0.25, 0.3) is 10.9 Å². The molecule has 6 heteroatoms. The van der Waals surface area contributed by atoms with Gasteiger partial charge < -0.3 is 16.8 Å². The van der Waals surface area contributed by atoms with E-state index in [9.17, 15) is 4.79 Å². The number of para-hydroxylation sites is 1. The largest absolute Gasteiger partial charge is 0.369 e. The summed E-state index contributed by atoms with van der Waals surface area (Å²) in [6.45, 7) is 3.92. The number of fused-ring (bicyclic) bond motifs is 1. The number of anilines is 2. The van der Waals surface area contributed by atoms with Gasteiger partial charge in [-0.3, -0.25) is 4.79 Å². The molecule has 0 fully saturated rings. The Morgan fingerprint density at radius 2 is 2.00 bits per heavy atom. The third-order valence-electron chi connectivity index (χ3n) is 2.99. The average Bonchev–Trinajstić information content (AvgIpc) is 2.35. The van der Waals surface area contributed by atoms with Crippen LogP contribution in [-0.2, 0) is 4.79 Å². The fourth-order valence-electron chi connectivity index (χ4n) is 1.62. The highest BCUT2D eigenvalue weighted by Gasteiger charge is 2.25. The minimum absolute atomic E-state index is 0.193. The van der Waals surface area contributed by atoms with Crippen molar-refractivity contribution in [1.82, 2.24) is 9.97 Å². The van der Waals surface area contributed by atoms with Crippen molar-refractivity contribution in [2.45, 2.75) is 13.8 Å². The maximum Gasteiger partial charge on any atom is 0.224 e. The highest BCUT2D eigenvalue weighted by Crippen LogP contribution is 2.22. The van der Waals surface area contributed by atoms with Gasteiger partial charge in [0.2, 0.25) is 11.9 Å². The molecular formula is C13H17N5O. The molecule has 2 rings (SSSR count). The number of nitrogens with zero attached hydrogens (tertiary/aromatic N) is 2. The lowest BCUT2D eigenvalue weighted by Gasteiger charge is -2.21. The maximum absolute atomic E-state index is 11.3. The van der Waals surface area contributed by atoms with Crippen LogP contribution >= 0.6 is 0 Å². The van der Waals surface area contributed by atoms with E-state index in [1.54, 1.807) is 13.8 Å². The molecule has 1 aromatic heterocycles. The van der Waals surface area contributed by atoms with Crippen LogP contribution in [-0.4, -0.2) is 22.4 Å². The normalized spacial score (nSPS) is 11.5. The van der Waals surface area contributed by atoms with Crippen molar-refractivity contribution in [3.63, 3.8) is 0 Å². The molecule has 0 saturated heterocycles. The molecule has 5 N–H and O–H groups in total. The third kappa shape index (κ3) is 2.73. The first kappa shape index (κ1) is 13.1. The number of carbonyl (C=O) groups excluding carboxylic acids is 1.